The molecular weight excluding hydrogens is 470 g/mol. The molecule has 1 aliphatic heterocycles. The van der Waals surface area contributed by atoms with Crippen LogP contribution in [-0.2, 0) is 14.3 Å². The van der Waals surface area contributed by atoms with Crippen LogP contribution in [0.5, 0.6) is 0 Å². The highest BCUT2D eigenvalue weighted by molar-refractivity contribution is 6.53. The number of esters is 1. The van der Waals surface area contributed by atoms with E-state index in [9.17, 15) is 19.2 Å². The predicted molar refractivity (Wildman–Crippen MR) is 132 cm³/mol. The van der Waals surface area contributed by atoms with Gasteiger partial charge >= 0.3 is 5.97 Å². The van der Waals surface area contributed by atoms with Crippen LogP contribution in [0.15, 0.2) is 59.3 Å². The van der Waals surface area contributed by atoms with Crippen molar-refractivity contribution in [3.63, 3.8) is 0 Å². The zero-order chi connectivity index (χ0) is 25.1. The first-order valence-corrected chi connectivity index (χ1v) is 11.9. The number of benzene rings is 2. The van der Waals surface area contributed by atoms with Gasteiger partial charge in [0, 0.05) is 17.3 Å². The molecule has 3 amide bonds. The van der Waals surface area contributed by atoms with E-state index in [0.29, 0.717) is 11.3 Å². The summed E-state index contributed by atoms with van der Waals surface area (Å²) in [5, 5.41) is 5.62. The molecule has 2 aromatic carbocycles. The maximum Gasteiger partial charge on any atom is 0.338 e. The molecule has 0 unspecified atom stereocenters. The van der Waals surface area contributed by atoms with Crippen molar-refractivity contribution in [1.29, 1.82) is 0 Å². The molecule has 0 bridgehead atoms. The second kappa shape index (κ2) is 10.3. The van der Waals surface area contributed by atoms with Crippen molar-refractivity contribution in [2.24, 2.45) is 0 Å². The minimum absolute atomic E-state index is 0.111. The molecule has 2 aliphatic rings. The predicted octanol–water partition coefficient (Wildman–Crippen LogP) is 4.36. The van der Waals surface area contributed by atoms with Gasteiger partial charge in [0.05, 0.1) is 17.4 Å². The highest BCUT2D eigenvalue weighted by atomic mass is 35.5. The number of carbonyl (C=O) groups excluding carboxylic acids is 4. The van der Waals surface area contributed by atoms with Crippen molar-refractivity contribution in [2.45, 2.75) is 51.7 Å². The number of anilines is 2. The van der Waals surface area contributed by atoms with Gasteiger partial charge in [-0.1, -0.05) is 36.6 Å². The summed E-state index contributed by atoms with van der Waals surface area (Å²) in [5.41, 5.74) is 1.16. The Bertz CT molecular complexity index is 1220. The van der Waals surface area contributed by atoms with Gasteiger partial charge in [0.1, 0.15) is 10.7 Å². The Balaban J connectivity index is 1.51. The third-order valence-electron chi connectivity index (χ3n) is 5.79. The third kappa shape index (κ3) is 5.38. The molecule has 9 heteroatoms. The molecule has 8 nitrogen and oxygen atoms in total. The number of hydrogen-bond acceptors (Lipinski definition) is 6. The van der Waals surface area contributed by atoms with Crippen molar-refractivity contribution in [2.75, 3.05) is 10.2 Å². The van der Waals surface area contributed by atoms with Crippen molar-refractivity contribution < 1.29 is 23.9 Å². The Hall–Kier alpha value is -3.65. The van der Waals surface area contributed by atoms with Crippen LogP contribution in [0.25, 0.3) is 0 Å². The molecule has 0 atom stereocenters. The first-order valence-electron chi connectivity index (χ1n) is 11.5. The average Bonchev–Trinajstić information content (AvgIpc) is 3.41. The van der Waals surface area contributed by atoms with Crippen molar-refractivity contribution >= 4 is 46.7 Å². The summed E-state index contributed by atoms with van der Waals surface area (Å²) in [6.07, 6.45) is 3.83. The van der Waals surface area contributed by atoms with Gasteiger partial charge in [-0.25, -0.2) is 9.69 Å². The minimum Gasteiger partial charge on any atom is -0.459 e. The molecule has 1 saturated carbocycles. The average molecular weight is 496 g/mol. The molecule has 35 heavy (non-hydrogen) atoms. The zero-order valence-corrected chi connectivity index (χ0v) is 20.2. The number of ether oxygens (including phenoxy) is 1. The molecule has 1 heterocycles. The van der Waals surface area contributed by atoms with E-state index in [-0.39, 0.29) is 40.0 Å². The van der Waals surface area contributed by atoms with E-state index in [1.165, 1.54) is 18.2 Å². The normalized spacial score (nSPS) is 16.3. The molecular formula is C26H26ClN3O5. The molecule has 1 fully saturated rings. The van der Waals surface area contributed by atoms with Gasteiger partial charge in [0.25, 0.3) is 17.7 Å². The lowest BCUT2D eigenvalue weighted by Gasteiger charge is -2.16. The lowest BCUT2D eigenvalue weighted by Crippen LogP contribution is -2.33. The van der Waals surface area contributed by atoms with Crippen LogP contribution in [0, 0.1) is 0 Å². The van der Waals surface area contributed by atoms with Crippen LogP contribution in [-0.4, -0.2) is 35.8 Å². The van der Waals surface area contributed by atoms with Gasteiger partial charge < -0.3 is 15.4 Å². The zero-order valence-electron chi connectivity index (χ0n) is 19.5. The van der Waals surface area contributed by atoms with Crippen LogP contribution >= 0.6 is 11.6 Å². The van der Waals surface area contributed by atoms with Gasteiger partial charge in [-0.05, 0) is 63.1 Å². The van der Waals surface area contributed by atoms with E-state index in [2.05, 4.69) is 10.6 Å². The van der Waals surface area contributed by atoms with Gasteiger partial charge in [-0.3, -0.25) is 14.4 Å². The number of nitrogens with zero attached hydrogens (tertiary/aromatic N) is 1. The summed E-state index contributed by atoms with van der Waals surface area (Å²) in [5.74, 6) is -2.15. The number of amides is 3. The summed E-state index contributed by atoms with van der Waals surface area (Å²) in [6, 6.07) is 12.8. The quantitative estimate of drug-likeness (QED) is 0.437. The molecule has 182 valence electrons. The Kier molecular flexibility index (Phi) is 7.21. The molecule has 2 N–H and O–H groups in total. The molecule has 0 saturated heterocycles. The molecule has 0 radical (unpaired) electrons. The Labute approximate surface area is 208 Å². The number of hydrogen-bond donors (Lipinski definition) is 2. The fourth-order valence-corrected chi connectivity index (χ4v) is 4.33. The standard InChI is InChI=1S/C26H26ClN3O5/c1-15(2)35-26(34)17-8-6-12-20(14-17)30-24(32)21(27)22(25(30)33)28-19-11-5-7-16(13-19)23(31)29-18-9-3-4-10-18/h5-8,11-15,18,28H,3-4,9-10H2,1-2H3,(H,29,31). The number of imide groups is 1. The maximum atomic E-state index is 13.1. The lowest BCUT2D eigenvalue weighted by molar-refractivity contribution is -0.120. The van der Waals surface area contributed by atoms with Crippen LogP contribution in [0.1, 0.15) is 60.2 Å². The number of nitrogens with one attached hydrogen (secondary N) is 2. The van der Waals surface area contributed by atoms with Crippen molar-refractivity contribution in [3.8, 4) is 0 Å². The minimum atomic E-state index is -0.719. The first kappa shape index (κ1) is 24.5. The van der Waals surface area contributed by atoms with Crippen LogP contribution in [0.3, 0.4) is 0 Å². The summed E-state index contributed by atoms with van der Waals surface area (Å²) < 4.78 is 5.19. The SMILES string of the molecule is CC(C)OC(=O)c1cccc(N2C(=O)C(Cl)=C(Nc3cccc(C(=O)NC4CCCC4)c3)C2=O)c1. The maximum absolute atomic E-state index is 13.1. The Morgan fingerprint density at radius 3 is 2.40 bits per heavy atom. The third-order valence-corrected chi connectivity index (χ3v) is 6.15. The first-order chi connectivity index (χ1) is 16.7. The van der Waals surface area contributed by atoms with E-state index in [1.807, 2.05) is 0 Å². The summed E-state index contributed by atoms with van der Waals surface area (Å²) >= 11 is 6.24. The van der Waals surface area contributed by atoms with E-state index in [4.69, 9.17) is 16.3 Å². The van der Waals surface area contributed by atoms with Crippen LogP contribution < -0.4 is 15.5 Å². The molecule has 0 aromatic heterocycles. The van der Waals surface area contributed by atoms with Gasteiger partial charge in [0.2, 0.25) is 0 Å². The monoisotopic (exact) mass is 495 g/mol. The Morgan fingerprint density at radius 1 is 1.00 bits per heavy atom. The largest absolute Gasteiger partial charge is 0.459 e. The second-order valence-electron chi connectivity index (χ2n) is 8.80. The van der Waals surface area contributed by atoms with Crippen molar-refractivity contribution in [1.82, 2.24) is 5.32 Å². The lowest BCUT2D eigenvalue weighted by atomic mass is 10.1. The Morgan fingerprint density at radius 2 is 1.69 bits per heavy atom. The molecule has 4 rings (SSSR count). The van der Waals surface area contributed by atoms with Gasteiger partial charge in [-0.2, -0.15) is 0 Å². The fraction of sp³-hybridized carbons (Fsp3) is 0.308. The van der Waals surface area contributed by atoms with Crippen LogP contribution in [0.4, 0.5) is 11.4 Å². The topological polar surface area (TPSA) is 105 Å². The van der Waals surface area contributed by atoms with E-state index in [0.717, 1.165) is 30.6 Å². The number of rotatable bonds is 7. The second-order valence-corrected chi connectivity index (χ2v) is 9.18. The summed E-state index contributed by atoms with van der Waals surface area (Å²) in [4.78, 5) is 51.8. The fourth-order valence-electron chi connectivity index (χ4n) is 4.12. The van der Waals surface area contributed by atoms with Gasteiger partial charge in [0.15, 0.2) is 0 Å². The van der Waals surface area contributed by atoms with E-state index in [1.54, 1.807) is 44.2 Å². The smallest absolute Gasteiger partial charge is 0.338 e. The molecule has 0 spiro atoms. The van der Waals surface area contributed by atoms with Gasteiger partial charge in [-0.15, -0.1) is 0 Å². The number of carbonyl (C=O) groups is 4. The molecule has 2 aromatic rings. The highest BCUT2D eigenvalue weighted by Crippen LogP contribution is 2.31. The highest BCUT2D eigenvalue weighted by Gasteiger charge is 2.39. The van der Waals surface area contributed by atoms with E-state index >= 15 is 0 Å². The molecule has 1 aliphatic carbocycles. The summed E-state index contributed by atoms with van der Waals surface area (Å²) in [7, 11) is 0. The van der Waals surface area contributed by atoms with Crippen molar-refractivity contribution in [3.05, 3.63) is 70.4 Å². The number of halogens is 1. The summed E-state index contributed by atoms with van der Waals surface area (Å²) in [6.45, 7) is 3.45. The van der Waals surface area contributed by atoms with Crippen LogP contribution in [0.2, 0.25) is 0 Å². The van der Waals surface area contributed by atoms with E-state index < -0.39 is 17.8 Å².